The highest BCUT2D eigenvalue weighted by Gasteiger charge is 2.48. The summed E-state index contributed by atoms with van der Waals surface area (Å²) in [7, 11) is 0. The van der Waals surface area contributed by atoms with E-state index in [0.717, 1.165) is 11.5 Å². The molecule has 7 aromatic rings. The predicted molar refractivity (Wildman–Crippen MR) is 260 cm³/mol. The van der Waals surface area contributed by atoms with E-state index in [1.807, 2.05) is 22.7 Å². The SMILES string of the molecule is CC(C)(C)c1ccc(N2c3nccc4c3B(c3sc5cc(C(C)(C)C)ccc5c3N4c3ccc4c(c3)C(C)(C)CCC4(C)C)c3sc4cc(C(C)(C)C)ccc4c32)cc1. The number of rotatable bonds is 2. The summed E-state index contributed by atoms with van der Waals surface area (Å²) in [5.41, 5.74) is 15.0. The third-order valence-electron chi connectivity index (χ3n) is 13.9. The van der Waals surface area contributed by atoms with Gasteiger partial charge in [-0.1, -0.05) is 132 Å². The molecule has 6 heteroatoms. The van der Waals surface area contributed by atoms with Crippen molar-refractivity contribution in [2.24, 2.45) is 0 Å². The molecule has 3 aromatic heterocycles. The van der Waals surface area contributed by atoms with Gasteiger partial charge in [-0.25, -0.2) is 4.98 Å². The zero-order chi connectivity index (χ0) is 41.8. The molecule has 4 aromatic carbocycles. The highest BCUT2D eigenvalue weighted by Crippen LogP contribution is 2.52. The van der Waals surface area contributed by atoms with Crippen LogP contribution in [0.5, 0.6) is 0 Å². The van der Waals surface area contributed by atoms with E-state index in [1.165, 1.54) is 98.6 Å². The Bertz CT molecular complexity index is 2850. The maximum atomic E-state index is 5.41. The molecule has 0 radical (unpaired) electrons. The highest BCUT2D eigenvalue weighted by molar-refractivity contribution is 7.40. The molecule has 0 unspecified atom stereocenters. The topological polar surface area (TPSA) is 19.4 Å². The van der Waals surface area contributed by atoms with Gasteiger partial charge in [0, 0.05) is 53.0 Å². The van der Waals surface area contributed by atoms with E-state index in [0.29, 0.717) is 0 Å². The predicted octanol–water partition coefficient (Wildman–Crippen LogP) is 13.8. The number of benzene rings is 4. The number of anilines is 6. The Balaban J connectivity index is 1.30. The van der Waals surface area contributed by atoms with E-state index in [1.54, 1.807) is 0 Å². The summed E-state index contributed by atoms with van der Waals surface area (Å²) in [5.74, 6) is 1.03. The van der Waals surface area contributed by atoms with E-state index in [-0.39, 0.29) is 33.8 Å². The molecule has 0 spiro atoms. The summed E-state index contributed by atoms with van der Waals surface area (Å²) in [6, 6.07) is 33.5. The number of pyridine rings is 1. The smallest absolute Gasteiger partial charge is 0.279 e. The Kier molecular flexibility index (Phi) is 8.27. The Morgan fingerprint density at radius 2 is 1.03 bits per heavy atom. The summed E-state index contributed by atoms with van der Waals surface area (Å²) in [6.45, 7) is 30.7. The molecular formula is C53H58BN3S2. The molecular weight excluding hydrogens is 754 g/mol. The summed E-state index contributed by atoms with van der Waals surface area (Å²) < 4.78 is 5.51. The molecule has 0 bridgehead atoms. The molecule has 0 N–H and O–H groups in total. The largest absolute Gasteiger partial charge is 0.310 e. The van der Waals surface area contributed by atoms with Crippen LogP contribution in [0.2, 0.25) is 0 Å². The zero-order valence-corrected chi connectivity index (χ0v) is 38.9. The first kappa shape index (κ1) is 38.8. The van der Waals surface area contributed by atoms with Gasteiger partial charge in [-0.05, 0) is 116 Å². The lowest BCUT2D eigenvalue weighted by Crippen LogP contribution is -2.59. The summed E-state index contributed by atoms with van der Waals surface area (Å²) in [4.78, 5) is 10.5. The molecule has 1 aliphatic carbocycles. The summed E-state index contributed by atoms with van der Waals surface area (Å²) in [5, 5.41) is 2.63. The fourth-order valence-electron chi connectivity index (χ4n) is 10.0. The van der Waals surface area contributed by atoms with Crippen molar-refractivity contribution in [2.45, 2.75) is 130 Å². The maximum Gasteiger partial charge on any atom is 0.279 e. The molecule has 59 heavy (non-hydrogen) atoms. The fourth-order valence-corrected chi connectivity index (χ4v) is 12.8. The first-order valence-corrected chi connectivity index (χ1v) is 23.3. The summed E-state index contributed by atoms with van der Waals surface area (Å²) >= 11 is 3.99. The van der Waals surface area contributed by atoms with E-state index < -0.39 is 0 Å². The normalized spacial score (nSPS) is 16.9. The second kappa shape index (κ2) is 12.6. The molecule has 0 fully saturated rings. The van der Waals surface area contributed by atoms with E-state index in [9.17, 15) is 0 Å². The molecule has 0 amide bonds. The van der Waals surface area contributed by atoms with Crippen LogP contribution in [0.25, 0.3) is 20.2 Å². The molecule has 0 atom stereocenters. The van der Waals surface area contributed by atoms with Crippen LogP contribution in [0.3, 0.4) is 0 Å². The van der Waals surface area contributed by atoms with Gasteiger partial charge in [-0.3, -0.25) is 4.90 Å². The number of hydrogen-bond donors (Lipinski definition) is 0. The van der Waals surface area contributed by atoms with Gasteiger partial charge in [0.25, 0.3) is 6.71 Å². The molecule has 300 valence electrons. The van der Waals surface area contributed by atoms with Gasteiger partial charge >= 0.3 is 0 Å². The number of hydrogen-bond acceptors (Lipinski definition) is 5. The minimum absolute atomic E-state index is 0.0479. The highest BCUT2D eigenvalue weighted by atomic mass is 32.1. The van der Waals surface area contributed by atoms with Crippen molar-refractivity contribution in [1.82, 2.24) is 4.98 Å². The van der Waals surface area contributed by atoms with E-state index in [4.69, 9.17) is 4.98 Å². The van der Waals surface area contributed by atoms with Gasteiger partial charge in [-0.15, -0.1) is 22.7 Å². The Labute approximate surface area is 360 Å². The fraction of sp³-hybridized carbons (Fsp3) is 0.377. The van der Waals surface area contributed by atoms with Gasteiger partial charge in [0.05, 0.1) is 11.4 Å². The van der Waals surface area contributed by atoms with Gasteiger partial charge in [-0.2, -0.15) is 0 Å². The van der Waals surface area contributed by atoms with Crippen LogP contribution in [-0.4, -0.2) is 11.7 Å². The number of nitrogens with zero attached hydrogens (tertiary/aromatic N) is 3. The van der Waals surface area contributed by atoms with Gasteiger partial charge in [0.2, 0.25) is 0 Å². The first-order chi connectivity index (χ1) is 27.6. The molecule has 3 aliphatic rings. The zero-order valence-electron chi connectivity index (χ0n) is 37.3. The van der Waals surface area contributed by atoms with Crippen LogP contribution >= 0.6 is 22.7 Å². The monoisotopic (exact) mass is 811 g/mol. The van der Waals surface area contributed by atoms with Gasteiger partial charge in [0.1, 0.15) is 5.82 Å². The van der Waals surface area contributed by atoms with Gasteiger partial charge in [0.15, 0.2) is 0 Å². The number of fused-ring (bicyclic) bond motifs is 9. The lowest BCUT2D eigenvalue weighted by molar-refractivity contribution is 0.332. The van der Waals surface area contributed by atoms with Crippen LogP contribution in [0.1, 0.15) is 131 Å². The molecule has 0 saturated carbocycles. The van der Waals surface area contributed by atoms with Crippen molar-refractivity contribution in [3.05, 3.63) is 119 Å². The lowest BCUT2D eigenvalue weighted by atomic mass is 9.39. The second-order valence-corrected chi connectivity index (χ2v) is 24.2. The standard InChI is InChI=1S/C53H58BN3S2/c1-49(2,3)31-14-18-34(19-15-31)57-45-37-22-17-33(51(7,8)9)29-42(37)59-47(45)54-43-40(24-27-55-48(43)57)56(35-20-23-38-39(30-35)53(12,13)26-25-52(38,10)11)44-36-21-16-32(50(4,5)6)28-41(36)58-46(44)54/h14-24,27-30H,25-26H2,1-13H3. The maximum absolute atomic E-state index is 5.41. The first-order valence-electron chi connectivity index (χ1n) is 21.6. The minimum atomic E-state index is 0.0479. The molecule has 0 saturated heterocycles. The Hall–Kier alpha value is -4.39. The van der Waals surface area contributed by atoms with Crippen molar-refractivity contribution >= 4 is 98.8 Å². The van der Waals surface area contributed by atoms with Crippen molar-refractivity contribution < 1.29 is 0 Å². The van der Waals surface area contributed by atoms with Gasteiger partial charge < -0.3 is 4.90 Å². The Morgan fingerprint density at radius 1 is 0.542 bits per heavy atom. The average molecular weight is 812 g/mol. The minimum Gasteiger partial charge on any atom is -0.310 e. The lowest BCUT2D eigenvalue weighted by Gasteiger charge is -2.44. The van der Waals surface area contributed by atoms with Crippen LogP contribution in [-0.2, 0) is 27.1 Å². The van der Waals surface area contributed by atoms with Crippen LogP contribution in [0, 0.1) is 0 Å². The van der Waals surface area contributed by atoms with Crippen LogP contribution in [0.4, 0.5) is 34.3 Å². The van der Waals surface area contributed by atoms with E-state index in [2.05, 4.69) is 191 Å². The quantitative estimate of drug-likeness (QED) is 0.162. The second-order valence-electron chi connectivity index (χ2n) is 22.0. The Morgan fingerprint density at radius 3 is 1.58 bits per heavy atom. The number of thiophene rings is 2. The van der Waals surface area contributed by atoms with Crippen molar-refractivity contribution in [1.29, 1.82) is 0 Å². The van der Waals surface area contributed by atoms with Crippen molar-refractivity contribution in [3.8, 4) is 0 Å². The average Bonchev–Trinajstić information content (AvgIpc) is 3.74. The molecule has 2 aliphatic heterocycles. The van der Waals surface area contributed by atoms with E-state index >= 15 is 0 Å². The molecule has 5 heterocycles. The molecule has 10 rings (SSSR count). The third kappa shape index (κ3) is 5.90. The van der Waals surface area contributed by atoms with Crippen molar-refractivity contribution in [2.75, 3.05) is 9.80 Å². The van der Waals surface area contributed by atoms with Crippen LogP contribution < -0.4 is 24.8 Å². The van der Waals surface area contributed by atoms with Crippen LogP contribution in [0.15, 0.2) is 91.1 Å². The molecule has 3 nitrogen and oxygen atoms in total. The number of aromatic nitrogens is 1. The third-order valence-corrected chi connectivity index (χ3v) is 16.3. The van der Waals surface area contributed by atoms with Crippen molar-refractivity contribution in [3.63, 3.8) is 0 Å². The summed E-state index contributed by atoms with van der Waals surface area (Å²) in [6.07, 6.45) is 4.45.